The third kappa shape index (κ3) is 3.62. The average Bonchev–Trinajstić information content (AvgIpc) is 2.79. The van der Waals surface area contributed by atoms with Gasteiger partial charge in [-0.2, -0.15) is 0 Å². The zero-order chi connectivity index (χ0) is 12.0. The largest absolute Gasteiger partial charge is 0.353 e. The first kappa shape index (κ1) is 12.6. The maximum atomic E-state index is 11.6. The predicted molar refractivity (Wildman–Crippen MR) is 60.5 cm³/mol. The fourth-order valence-corrected chi connectivity index (χ4v) is 1.28. The van der Waals surface area contributed by atoms with Crippen LogP contribution >= 0.6 is 0 Å². The number of aromatic nitrogens is 3. The van der Waals surface area contributed by atoms with E-state index in [0.717, 1.165) is 6.42 Å². The van der Waals surface area contributed by atoms with Crippen molar-refractivity contribution in [1.29, 1.82) is 0 Å². The summed E-state index contributed by atoms with van der Waals surface area (Å²) in [5.41, 5.74) is 5.78. The van der Waals surface area contributed by atoms with Crippen molar-refractivity contribution < 1.29 is 4.79 Å². The highest BCUT2D eigenvalue weighted by Crippen LogP contribution is 2.04. The number of hydrogen-bond donors (Lipinski definition) is 2. The highest BCUT2D eigenvalue weighted by atomic mass is 16.2. The van der Waals surface area contributed by atoms with Gasteiger partial charge in [0, 0.05) is 12.7 Å². The van der Waals surface area contributed by atoms with Crippen LogP contribution in [0.4, 0.5) is 0 Å². The van der Waals surface area contributed by atoms with Crippen molar-refractivity contribution in [2.24, 2.45) is 11.7 Å². The molecule has 0 saturated carbocycles. The first-order valence-electron chi connectivity index (χ1n) is 5.52. The minimum absolute atomic E-state index is 0.102. The molecule has 16 heavy (non-hydrogen) atoms. The van der Waals surface area contributed by atoms with Crippen molar-refractivity contribution in [2.75, 3.05) is 6.54 Å². The number of nitrogens with one attached hydrogen (secondary N) is 1. The second-order valence-corrected chi connectivity index (χ2v) is 3.87. The number of hydrogen-bond acceptors (Lipinski definition) is 4. The molecule has 0 aliphatic heterocycles. The van der Waals surface area contributed by atoms with Gasteiger partial charge in [-0.25, -0.2) is 0 Å². The zero-order valence-corrected chi connectivity index (χ0v) is 9.76. The van der Waals surface area contributed by atoms with Gasteiger partial charge in [0.25, 0.3) is 0 Å². The van der Waals surface area contributed by atoms with Gasteiger partial charge >= 0.3 is 0 Å². The molecule has 1 aromatic rings. The van der Waals surface area contributed by atoms with Crippen LogP contribution in [-0.4, -0.2) is 33.5 Å². The van der Waals surface area contributed by atoms with E-state index in [4.69, 9.17) is 5.73 Å². The number of rotatable bonds is 6. The van der Waals surface area contributed by atoms with Gasteiger partial charge < -0.3 is 11.1 Å². The third-order valence-corrected chi connectivity index (χ3v) is 2.67. The molecule has 1 aromatic heterocycles. The fraction of sp³-hybridized carbons (Fsp3) is 0.700. The summed E-state index contributed by atoms with van der Waals surface area (Å²) in [5.74, 6) is 0.0980. The first-order chi connectivity index (χ1) is 7.65. The normalized spacial score (nSPS) is 14.4. The molecule has 0 saturated heterocycles. The van der Waals surface area contributed by atoms with Crippen molar-refractivity contribution in [3.05, 3.63) is 12.4 Å². The molecule has 0 aliphatic carbocycles. The molecule has 2 atom stereocenters. The molecule has 90 valence electrons. The Labute approximate surface area is 95.2 Å². The number of nitrogens with zero attached hydrogens (tertiary/aromatic N) is 3. The van der Waals surface area contributed by atoms with E-state index in [1.807, 2.05) is 13.8 Å². The van der Waals surface area contributed by atoms with Crippen LogP contribution in [0.5, 0.6) is 0 Å². The molecule has 0 aromatic carbocycles. The standard InChI is InChI=1S/C10H19N5O/c1-3-8(2)9(11)10(16)12-4-6-15-7-5-13-14-15/h5,7-9H,3-4,6,11H2,1-2H3,(H,12,16)/t8?,9-/m0/s1. The maximum Gasteiger partial charge on any atom is 0.237 e. The molecule has 0 aliphatic rings. The van der Waals surface area contributed by atoms with Crippen molar-refractivity contribution in [2.45, 2.75) is 32.9 Å². The van der Waals surface area contributed by atoms with Crippen LogP contribution in [-0.2, 0) is 11.3 Å². The minimum atomic E-state index is -0.430. The van der Waals surface area contributed by atoms with Crippen LogP contribution in [0.15, 0.2) is 12.4 Å². The lowest BCUT2D eigenvalue weighted by molar-refractivity contribution is -0.123. The van der Waals surface area contributed by atoms with E-state index >= 15 is 0 Å². The van der Waals surface area contributed by atoms with E-state index in [1.54, 1.807) is 17.1 Å². The first-order valence-corrected chi connectivity index (χ1v) is 5.52. The van der Waals surface area contributed by atoms with Gasteiger partial charge in [0.2, 0.25) is 5.91 Å². The molecule has 0 spiro atoms. The van der Waals surface area contributed by atoms with E-state index < -0.39 is 6.04 Å². The quantitative estimate of drug-likeness (QED) is 0.700. The molecular weight excluding hydrogens is 206 g/mol. The van der Waals surface area contributed by atoms with Crippen molar-refractivity contribution in [3.63, 3.8) is 0 Å². The number of amides is 1. The summed E-state index contributed by atoms with van der Waals surface area (Å²) in [6.07, 6.45) is 4.26. The summed E-state index contributed by atoms with van der Waals surface area (Å²) in [6.45, 7) is 5.13. The van der Waals surface area contributed by atoms with Gasteiger partial charge in [0.05, 0.1) is 18.8 Å². The molecule has 0 radical (unpaired) electrons. The van der Waals surface area contributed by atoms with Crippen LogP contribution in [0.2, 0.25) is 0 Å². The Bertz CT molecular complexity index is 311. The van der Waals surface area contributed by atoms with E-state index in [-0.39, 0.29) is 11.8 Å². The topological polar surface area (TPSA) is 85.8 Å². The van der Waals surface area contributed by atoms with Crippen molar-refractivity contribution in [1.82, 2.24) is 20.3 Å². The summed E-state index contributed by atoms with van der Waals surface area (Å²) in [5, 5.41) is 10.2. The Hall–Kier alpha value is -1.43. The molecule has 3 N–H and O–H groups in total. The van der Waals surface area contributed by atoms with E-state index in [9.17, 15) is 4.79 Å². The second-order valence-electron chi connectivity index (χ2n) is 3.87. The molecule has 0 fully saturated rings. The van der Waals surface area contributed by atoms with Crippen molar-refractivity contribution in [3.8, 4) is 0 Å². The summed E-state index contributed by atoms with van der Waals surface area (Å²) < 4.78 is 1.66. The van der Waals surface area contributed by atoms with Gasteiger partial charge in [-0.05, 0) is 5.92 Å². The Morgan fingerprint density at radius 1 is 1.62 bits per heavy atom. The van der Waals surface area contributed by atoms with E-state index in [2.05, 4.69) is 15.6 Å². The Balaban J connectivity index is 2.24. The molecule has 1 amide bonds. The number of carbonyl (C=O) groups is 1. The molecular formula is C10H19N5O. The smallest absolute Gasteiger partial charge is 0.237 e. The van der Waals surface area contributed by atoms with Crippen LogP contribution in [0.1, 0.15) is 20.3 Å². The zero-order valence-electron chi connectivity index (χ0n) is 9.76. The Morgan fingerprint density at radius 2 is 2.38 bits per heavy atom. The van der Waals surface area contributed by atoms with E-state index in [0.29, 0.717) is 13.1 Å². The molecule has 1 rings (SSSR count). The summed E-state index contributed by atoms with van der Waals surface area (Å²) in [7, 11) is 0. The molecule has 6 heteroatoms. The van der Waals surface area contributed by atoms with Crippen LogP contribution in [0.25, 0.3) is 0 Å². The number of carbonyl (C=O) groups excluding carboxylic acids is 1. The highest BCUT2D eigenvalue weighted by molar-refractivity contribution is 5.81. The summed E-state index contributed by atoms with van der Waals surface area (Å²) in [4.78, 5) is 11.6. The SMILES string of the molecule is CCC(C)[C@H](N)C(=O)NCCn1ccnn1. The lowest BCUT2D eigenvalue weighted by atomic mass is 9.99. The minimum Gasteiger partial charge on any atom is -0.353 e. The van der Waals surface area contributed by atoms with Gasteiger partial charge in [-0.15, -0.1) is 5.10 Å². The fourth-order valence-electron chi connectivity index (χ4n) is 1.28. The average molecular weight is 225 g/mol. The number of nitrogens with two attached hydrogens (primary N) is 1. The monoisotopic (exact) mass is 225 g/mol. The van der Waals surface area contributed by atoms with Gasteiger partial charge in [-0.1, -0.05) is 25.5 Å². The molecule has 1 unspecified atom stereocenters. The Morgan fingerprint density at radius 3 is 2.94 bits per heavy atom. The van der Waals surface area contributed by atoms with Gasteiger partial charge in [0.15, 0.2) is 0 Å². The molecule has 0 bridgehead atoms. The van der Waals surface area contributed by atoms with Gasteiger partial charge in [0.1, 0.15) is 0 Å². The van der Waals surface area contributed by atoms with Crippen molar-refractivity contribution >= 4 is 5.91 Å². The Kier molecular flexibility index (Phi) is 4.91. The van der Waals surface area contributed by atoms with Crippen LogP contribution in [0.3, 0.4) is 0 Å². The second kappa shape index (κ2) is 6.22. The lowest BCUT2D eigenvalue weighted by Gasteiger charge is -2.17. The highest BCUT2D eigenvalue weighted by Gasteiger charge is 2.18. The van der Waals surface area contributed by atoms with Gasteiger partial charge in [-0.3, -0.25) is 9.48 Å². The lowest BCUT2D eigenvalue weighted by Crippen LogP contribution is -2.45. The molecule has 6 nitrogen and oxygen atoms in total. The summed E-state index contributed by atoms with van der Waals surface area (Å²) >= 11 is 0. The van der Waals surface area contributed by atoms with Crippen LogP contribution < -0.4 is 11.1 Å². The third-order valence-electron chi connectivity index (χ3n) is 2.67. The van der Waals surface area contributed by atoms with Crippen LogP contribution in [0, 0.1) is 5.92 Å². The summed E-state index contributed by atoms with van der Waals surface area (Å²) in [6, 6.07) is -0.430. The van der Waals surface area contributed by atoms with E-state index in [1.165, 1.54) is 0 Å². The molecule has 1 heterocycles. The predicted octanol–water partition coefficient (Wildman–Crippen LogP) is -0.232. The maximum absolute atomic E-state index is 11.6.